The molecule has 26 heavy (non-hydrogen) atoms. The summed E-state index contributed by atoms with van der Waals surface area (Å²) in [5, 5.41) is 9.09. The minimum absolute atomic E-state index is 0.0946. The van der Waals surface area contributed by atoms with Crippen LogP contribution in [0.15, 0.2) is 54.6 Å². The lowest BCUT2D eigenvalue weighted by Gasteiger charge is -2.36. The lowest BCUT2D eigenvalue weighted by Crippen LogP contribution is -2.47. The summed E-state index contributed by atoms with van der Waals surface area (Å²) in [5.41, 5.74) is 3.15. The van der Waals surface area contributed by atoms with Gasteiger partial charge in [0.1, 0.15) is 0 Å². The van der Waals surface area contributed by atoms with Crippen LogP contribution in [0.2, 0.25) is 0 Å². The van der Waals surface area contributed by atoms with E-state index in [-0.39, 0.29) is 6.42 Å². The zero-order valence-electron chi connectivity index (χ0n) is 14.6. The Morgan fingerprint density at radius 1 is 0.923 bits per heavy atom. The van der Waals surface area contributed by atoms with Crippen molar-refractivity contribution in [2.75, 3.05) is 36.0 Å². The monoisotopic (exact) mass is 350 g/mol. The van der Waals surface area contributed by atoms with Gasteiger partial charge in [-0.05, 0) is 24.3 Å². The lowest BCUT2D eigenvalue weighted by molar-refractivity contribution is -0.137. The Kier molecular flexibility index (Phi) is 4.48. The number of aliphatic carboxylic acids is 1. The molecule has 6 heteroatoms. The van der Waals surface area contributed by atoms with Crippen LogP contribution in [0.4, 0.5) is 11.6 Å². The predicted molar refractivity (Wildman–Crippen MR) is 103 cm³/mol. The molecule has 2 aromatic carbocycles. The summed E-state index contributed by atoms with van der Waals surface area (Å²) in [7, 11) is 0. The Morgan fingerprint density at radius 2 is 1.58 bits per heavy atom. The molecule has 0 radical (unpaired) electrons. The molecule has 0 saturated carbocycles. The fourth-order valence-electron chi connectivity index (χ4n) is 3.54. The fourth-order valence-corrected chi connectivity index (χ4v) is 3.54. The zero-order valence-corrected chi connectivity index (χ0v) is 14.6. The lowest BCUT2D eigenvalue weighted by atomic mass is 10.2. The predicted octanol–water partition coefficient (Wildman–Crippen LogP) is 2.84. The van der Waals surface area contributed by atoms with Crippen LogP contribution in [0.3, 0.4) is 0 Å². The van der Waals surface area contributed by atoms with Gasteiger partial charge in [-0.1, -0.05) is 30.3 Å². The highest BCUT2D eigenvalue weighted by molar-refractivity contribution is 5.79. The van der Waals surface area contributed by atoms with Crippen molar-refractivity contribution in [2.24, 2.45) is 0 Å². The number of carboxylic acid groups (broad SMARTS) is 1. The first kappa shape index (κ1) is 16.4. The van der Waals surface area contributed by atoms with E-state index in [0.29, 0.717) is 6.54 Å². The summed E-state index contributed by atoms with van der Waals surface area (Å²) in [6.45, 7) is 4.01. The first-order valence-corrected chi connectivity index (χ1v) is 8.94. The van der Waals surface area contributed by atoms with Gasteiger partial charge in [-0.2, -0.15) is 0 Å². The van der Waals surface area contributed by atoms with E-state index in [1.165, 1.54) is 5.69 Å². The summed E-state index contributed by atoms with van der Waals surface area (Å²) in [6, 6.07) is 18.4. The molecule has 0 aliphatic carbocycles. The molecule has 1 aliphatic rings. The molecule has 1 N–H and O–H groups in total. The van der Waals surface area contributed by atoms with Crippen molar-refractivity contribution in [3.63, 3.8) is 0 Å². The SMILES string of the molecule is O=C(O)CCn1c(N2CCN(c3ccccc3)CC2)nc2ccccc21. The molecule has 1 aliphatic heterocycles. The van der Waals surface area contributed by atoms with Gasteiger partial charge in [-0.25, -0.2) is 4.98 Å². The molecule has 0 spiro atoms. The molecule has 3 aromatic rings. The van der Waals surface area contributed by atoms with Crippen LogP contribution in [0.5, 0.6) is 0 Å². The largest absolute Gasteiger partial charge is 0.481 e. The standard InChI is InChI=1S/C20H22N4O2/c25-19(26)10-11-24-18-9-5-4-8-17(18)21-20(24)23-14-12-22(13-15-23)16-6-2-1-3-7-16/h1-9H,10-15H2,(H,25,26). The van der Waals surface area contributed by atoms with E-state index in [0.717, 1.165) is 43.2 Å². The second kappa shape index (κ2) is 7.07. The summed E-state index contributed by atoms with van der Waals surface area (Å²) in [6.07, 6.45) is 0.0946. The number of rotatable bonds is 5. The average Bonchev–Trinajstić information content (AvgIpc) is 3.06. The van der Waals surface area contributed by atoms with Gasteiger partial charge >= 0.3 is 5.97 Å². The second-order valence-corrected chi connectivity index (χ2v) is 6.51. The topological polar surface area (TPSA) is 61.6 Å². The van der Waals surface area contributed by atoms with Gasteiger partial charge in [0.15, 0.2) is 0 Å². The molecule has 2 heterocycles. The Bertz CT molecular complexity index is 899. The van der Waals surface area contributed by atoms with Crippen molar-refractivity contribution in [1.82, 2.24) is 9.55 Å². The summed E-state index contributed by atoms with van der Waals surface area (Å²) < 4.78 is 2.04. The number of hydrogen-bond donors (Lipinski definition) is 1. The highest BCUT2D eigenvalue weighted by atomic mass is 16.4. The van der Waals surface area contributed by atoms with Crippen LogP contribution in [-0.4, -0.2) is 46.8 Å². The molecule has 1 fully saturated rings. The molecule has 134 valence electrons. The Labute approximate surface area is 152 Å². The molecule has 4 rings (SSSR count). The third-order valence-electron chi connectivity index (χ3n) is 4.87. The number of benzene rings is 2. The Hall–Kier alpha value is -3.02. The fraction of sp³-hybridized carbons (Fsp3) is 0.300. The van der Waals surface area contributed by atoms with Crippen molar-refractivity contribution < 1.29 is 9.90 Å². The van der Waals surface area contributed by atoms with Gasteiger partial charge in [0.2, 0.25) is 5.95 Å². The molecule has 0 unspecified atom stereocenters. The number of fused-ring (bicyclic) bond motifs is 1. The molecule has 0 bridgehead atoms. The number of para-hydroxylation sites is 3. The van der Waals surface area contributed by atoms with Crippen LogP contribution in [0, 0.1) is 0 Å². The quantitative estimate of drug-likeness (QED) is 0.767. The van der Waals surface area contributed by atoms with E-state index in [9.17, 15) is 4.79 Å². The van der Waals surface area contributed by atoms with Gasteiger partial charge in [0.25, 0.3) is 0 Å². The molecule has 1 aromatic heterocycles. The number of anilines is 2. The maximum atomic E-state index is 11.1. The van der Waals surface area contributed by atoms with Gasteiger partial charge in [0, 0.05) is 38.4 Å². The second-order valence-electron chi connectivity index (χ2n) is 6.51. The number of imidazole rings is 1. The van der Waals surface area contributed by atoms with Crippen molar-refractivity contribution in [2.45, 2.75) is 13.0 Å². The van der Waals surface area contributed by atoms with Crippen molar-refractivity contribution in [3.05, 3.63) is 54.6 Å². The first-order valence-electron chi connectivity index (χ1n) is 8.94. The molecule has 6 nitrogen and oxygen atoms in total. The Balaban J connectivity index is 1.57. The maximum Gasteiger partial charge on any atom is 0.305 e. The zero-order chi connectivity index (χ0) is 17.9. The average molecular weight is 350 g/mol. The van der Waals surface area contributed by atoms with E-state index in [2.05, 4.69) is 34.1 Å². The van der Waals surface area contributed by atoms with Gasteiger partial charge < -0.3 is 19.5 Å². The normalized spacial score (nSPS) is 14.8. The molecule has 0 amide bonds. The number of carboxylic acids is 1. The van der Waals surface area contributed by atoms with Gasteiger partial charge in [-0.15, -0.1) is 0 Å². The van der Waals surface area contributed by atoms with Crippen molar-refractivity contribution in [3.8, 4) is 0 Å². The summed E-state index contributed by atoms with van der Waals surface area (Å²) >= 11 is 0. The first-order chi connectivity index (χ1) is 12.7. The molecular weight excluding hydrogens is 328 g/mol. The van der Waals surface area contributed by atoms with E-state index < -0.39 is 5.97 Å². The van der Waals surface area contributed by atoms with Crippen LogP contribution < -0.4 is 9.80 Å². The number of aromatic nitrogens is 2. The van der Waals surface area contributed by atoms with Crippen LogP contribution in [0.25, 0.3) is 11.0 Å². The van der Waals surface area contributed by atoms with E-state index in [4.69, 9.17) is 10.1 Å². The van der Waals surface area contributed by atoms with Gasteiger partial charge in [0.05, 0.1) is 17.5 Å². The third-order valence-corrected chi connectivity index (χ3v) is 4.87. The highest BCUT2D eigenvalue weighted by Crippen LogP contribution is 2.25. The van der Waals surface area contributed by atoms with Crippen molar-refractivity contribution in [1.29, 1.82) is 0 Å². The smallest absolute Gasteiger partial charge is 0.305 e. The highest BCUT2D eigenvalue weighted by Gasteiger charge is 2.22. The number of hydrogen-bond acceptors (Lipinski definition) is 4. The van der Waals surface area contributed by atoms with E-state index in [1.807, 2.05) is 34.9 Å². The van der Waals surface area contributed by atoms with Crippen LogP contribution in [-0.2, 0) is 11.3 Å². The minimum atomic E-state index is -0.789. The summed E-state index contributed by atoms with van der Waals surface area (Å²) in [5.74, 6) is 0.0859. The maximum absolute atomic E-state index is 11.1. The molecular formula is C20H22N4O2. The van der Waals surface area contributed by atoms with Crippen molar-refractivity contribution >= 4 is 28.6 Å². The van der Waals surface area contributed by atoms with Crippen LogP contribution in [0.1, 0.15) is 6.42 Å². The number of aryl methyl sites for hydroxylation is 1. The number of piperazine rings is 1. The minimum Gasteiger partial charge on any atom is -0.481 e. The van der Waals surface area contributed by atoms with E-state index in [1.54, 1.807) is 0 Å². The third kappa shape index (κ3) is 3.22. The summed E-state index contributed by atoms with van der Waals surface area (Å²) in [4.78, 5) is 20.5. The van der Waals surface area contributed by atoms with Crippen LogP contribution >= 0.6 is 0 Å². The molecule has 1 saturated heterocycles. The molecule has 0 atom stereocenters. The van der Waals surface area contributed by atoms with E-state index >= 15 is 0 Å². The number of carbonyl (C=O) groups is 1. The van der Waals surface area contributed by atoms with Gasteiger partial charge in [-0.3, -0.25) is 4.79 Å². The Morgan fingerprint density at radius 3 is 2.31 bits per heavy atom. The number of nitrogens with zero attached hydrogens (tertiary/aromatic N) is 4.